The summed E-state index contributed by atoms with van der Waals surface area (Å²) >= 11 is 3.46. The van der Waals surface area contributed by atoms with Crippen LogP contribution in [0.15, 0.2) is 33.3 Å². The normalized spacial score (nSPS) is 12.7. The van der Waals surface area contributed by atoms with Gasteiger partial charge in [0.2, 0.25) is 5.89 Å². The van der Waals surface area contributed by atoms with Crippen molar-refractivity contribution >= 4 is 15.9 Å². The van der Waals surface area contributed by atoms with Crippen molar-refractivity contribution in [1.82, 2.24) is 10.1 Å². The van der Waals surface area contributed by atoms with Crippen LogP contribution in [-0.2, 0) is 11.8 Å². The number of nitrogens with zero attached hydrogens (tertiary/aromatic N) is 2. The van der Waals surface area contributed by atoms with Gasteiger partial charge in [-0.2, -0.15) is 4.98 Å². The summed E-state index contributed by atoms with van der Waals surface area (Å²) in [6, 6.07) is 8.07. The van der Waals surface area contributed by atoms with E-state index in [4.69, 9.17) is 10.3 Å². The van der Waals surface area contributed by atoms with Gasteiger partial charge in [0.05, 0.1) is 5.41 Å². The Kier molecular flexibility index (Phi) is 4.02. The number of halogens is 1. The van der Waals surface area contributed by atoms with E-state index in [1.54, 1.807) is 0 Å². The van der Waals surface area contributed by atoms with Crippen LogP contribution in [-0.4, -0.2) is 15.7 Å². The van der Waals surface area contributed by atoms with E-state index in [-0.39, 0.29) is 5.41 Å². The molecule has 0 unspecified atom stereocenters. The smallest absolute Gasteiger partial charge is 0.234 e. The predicted octanol–water partition coefficient (Wildman–Crippen LogP) is 3.44. The van der Waals surface area contributed by atoms with Gasteiger partial charge in [-0.05, 0) is 45.4 Å². The van der Waals surface area contributed by atoms with Crippen LogP contribution in [0, 0.1) is 0 Å². The predicted molar refractivity (Wildman–Crippen MR) is 82.5 cm³/mol. The average Bonchev–Trinajstić information content (AvgIpc) is 2.76. The largest absolute Gasteiger partial charge is 0.339 e. The summed E-state index contributed by atoms with van der Waals surface area (Å²) in [5.74, 6) is 1.26. The first-order chi connectivity index (χ1) is 9.20. The third-order valence-corrected chi connectivity index (χ3v) is 4.36. The summed E-state index contributed by atoms with van der Waals surface area (Å²) < 4.78 is 6.45. The molecule has 0 atom stereocenters. The molecule has 0 saturated heterocycles. The van der Waals surface area contributed by atoms with E-state index >= 15 is 0 Å². The fourth-order valence-corrected chi connectivity index (χ4v) is 2.13. The van der Waals surface area contributed by atoms with Crippen LogP contribution in [0.5, 0.6) is 0 Å². The second-order valence-corrected chi connectivity index (χ2v) is 7.08. The van der Waals surface area contributed by atoms with Gasteiger partial charge in [0, 0.05) is 16.4 Å². The molecule has 0 aliphatic heterocycles. The molecule has 2 rings (SSSR count). The average molecular weight is 338 g/mol. The first-order valence-electron chi connectivity index (χ1n) is 6.56. The summed E-state index contributed by atoms with van der Waals surface area (Å²) in [5, 5.41) is 4.06. The number of rotatable bonds is 4. The Bertz CT molecular complexity index is 599. The minimum absolute atomic E-state index is 0.379. The zero-order chi connectivity index (χ0) is 15.0. The molecule has 20 heavy (non-hydrogen) atoms. The third kappa shape index (κ3) is 3.10. The van der Waals surface area contributed by atoms with Gasteiger partial charge in [0.15, 0.2) is 5.82 Å². The minimum Gasteiger partial charge on any atom is -0.339 e. The van der Waals surface area contributed by atoms with E-state index in [9.17, 15) is 0 Å². The molecule has 4 nitrogen and oxygen atoms in total. The first kappa shape index (κ1) is 15.2. The highest BCUT2D eigenvalue weighted by Gasteiger charge is 2.40. The molecular weight excluding hydrogens is 318 g/mol. The lowest BCUT2D eigenvalue weighted by molar-refractivity contribution is 0.222. The van der Waals surface area contributed by atoms with Gasteiger partial charge in [-0.1, -0.05) is 33.2 Å². The van der Waals surface area contributed by atoms with Crippen LogP contribution in [0.1, 0.15) is 45.0 Å². The van der Waals surface area contributed by atoms with Crippen molar-refractivity contribution in [2.45, 2.75) is 45.1 Å². The standard InChI is InChI=1S/C15H20BrN3O/c1-14(2,15(3,4)17)13-18-12(19-20-13)9-10-6-5-7-11(16)8-10/h5-8H,9,17H2,1-4H3. The van der Waals surface area contributed by atoms with Gasteiger partial charge in [-0.25, -0.2) is 0 Å². The number of hydrogen-bond acceptors (Lipinski definition) is 4. The Balaban J connectivity index is 2.22. The van der Waals surface area contributed by atoms with Crippen LogP contribution < -0.4 is 5.73 Å². The van der Waals surface area contributed by atoms with Crippen molar-refractivity contribution < 1.29 is 4.52 Å². The highest BCUT2D eigenvalue weighted by atomic mass is 79.9. The first-order valence-corrected chi connectivity index (χ1v) is 7.36. The molecule has 1 aromatic carbocycles. The molecule has 0 bridgehead atoms. The summed E-state index contributed by atoms with van der Waals surface area (Å²) in [7, 11) is 0. The Morgan fingerprint density at radius 2 is 1.95 bits per heavy atom. The Labute approximate surface area is 127 Å². The molecule has 0 spiro atoms. The van der Waals surface area contributed by atoms with E-state index in [1.807, 2.05) is 52.0 Å². The van der Waals surface area contributed by atoms with Gasteiger partial charge in [0.25, 0.3) is 0 Å². The van der Waals surface area contributed by atoms with Crippen molar-refractivity contribution in [2.75, 3.05) is 0 Å². The molecule has 2 aromatic rings. The van der Waals surface area contributed by atoms with E-state index in [0.29, 0.717) is 18.1 Å². The van der Waals surface area contributed by atoms with Gasteiger partial charge in [-0.3, -0.25) is 0 Å². The zero-order valence-corrected chi connectivity index (χ0v) is 13.9. The Hall–Kier alpha value is -1.20. The molecule has 5 heteroatoms. The lowest BCUT2D eigenvalue weighted by atomic mass is 9.75. The SMILES string of the molecule is CC(C)(N)C(C)(C)c1nc(Cc2cccc(Br)c2)no1. The summed E-state index contributed by atoms with van der Waals surface area (Å²) in [5.41, 5.74) is 6.51. The highest BCUT2D eigenvalue weighted by molar-refractivity contribution is 9.10. The Morgan fingerprint density at radius 3 is 2.55 bits per heavy atom. The van der Waals surface area contributed by atoms with E-state index in [0.717, 1.165) is 10.0 Å². The van der Waals surface area contributed by atoms with Crippen LogP contribution in [0.25, 0.3) is 0 Å². The van der Waals surface area contributed by atoms with Crippen molar-refractivity contribution in [2.24, 2.45) is 5.73 Å². The maximum absolute atomic E-state index is 6.19. The molecule has 108 valence electrons. The number of aromatic nitrogens is 2. The molecule has 0 radical (unpaired) electrons. The maximum atomic E-state index is 6.19. The van der Waals surface area contributed by atoms with Crippen LogP contribution in [0.3, 0.4) is 0 Å². The summed E-state index contributed by atoms with van der Waals surface area (Å²) in [6.45, 7) is 7.96. The molecule has 0 aliphatic rings. The molecule has 2 N–H and O–H groups in total. The van der Waals surface area contributed by atoms with Gasteiger partial charge in [-0.15, -0.1) is 0 Å². The maximum Gasteiger partial charge on any atom is 0.234 e. The fraction of sp³-hybridized carbons (Fsp3) is 0.467. The summed E-state index contributed by atoms with van der Waals surface area (Å²) in [6.07, 6.45) is 0.643. The lowest BCUT2D eigenvalue weighted by Crippen LogP contribution is -2.50. The topological polar surface area (TPSA) is 64.9 Å². The molecule has 1 heterocycles. The van der Waals surface area contributed by atoms with Crippen molar-refractivity contribution in [3.05, 3.63) is 46.0 Å². The molecule has 0 saturated carbocycles. The third-order valence-electron chi connectivity index (χ3n) is 3.86. The molecule has 1 aromatic heterocycles. The van der Waals surface area contributed by atoms with Crippen LogP contribution >= 0.6 is 15.9 Å². The molecule has 0 aliphatic carbocycles. The van der Waals surface area contributed by atoms with Gasteiger partial charge in [0.1, 0.15) is 0 Å². The number of benzene rings is 1. The van der Waals surface area contributed by atoms with Crippen LogP contribution in [0.2, 0.25) is 0 Å². The zero-order valence-electron chi connectivity index (χ0n) is 12.3. The lowest BCUT2D eigenvalue weighted by Gasteiger charge is -2.34. The van der Waals surface area contributed by atoms with Crippen molar-refractivity contribution in [3.63, 3.8) is 0 Å². The van der Waals surface area contributed by atoms with E-state index in [2.05, 4.69) is 26.1 Å². The number of nitrogens with two attached hydrogens (primary N) is 1. The van der Waals surface area contributed by atoms with E-state index in [1.165, 1.54) is 0 Å². The van der Waals surface area contributed by atoms with Gasteiger partial charge >= 0.3 is 0 Å². The second kappa shape index (κ2) is 5.30. The minimum atomic E-state index is -0.438. The molecule has 0 amide bonds. The second-order valence-electron chi connectivity index (χ2n) is 6.17. The number of hydrogen-bond donors (Lipinski definition) is 1. The van der Waals surface area contributed by atoms with Crippen molar-refractivity contribution in [3.8, 4) is 0 Å². The summed E-state index contributed by atoms with van der Waals surface area (Å²) in [4.78, 5) is 4.50. The van der Waals surface area contributed by atoms with E-state index < -0.39 is 5.54 Å². The monoisotopic (exact) mass is 337 g/mol. The quantitative estimate of drug-likeness (QED) is 0.927. The van der Waals surface area contributed by atoms with Crippen molar-refractivity contribution in [1.29, 1.82) is 0 Å². The van der Waals surface area contributed by atoms with Crippen LogP contribution in [0.4, 0.5) is 0 Å². The molecule has 0 fully saturated rings. The van der Waals surface area contributed by atoms with Gasteiger partial charge < -0.3 is 10.3 Å². The fourth-order valence-electron chi connectivity index (χ4n) is 1.68. The highest BCUT2D eigenvalue weighted by Crippen LogP contribution is 2.31. The Morgan fingerprint density at radius 1 is 1.25 bits per heavy atom. The molecular formula is C15H20BrN3O.